The molecule has 4 heteroatoms. The smallest absolute Gasteiger partial charge is 0.489 e. The van der Waals surface area contributed by atoms with Gasteiger partial charge in [-0.2, -0.15) is 0 Å². The maximum absolute atomic E-state index is 6.21. The summed E-state index contributed by atoms with van der Waals surface area (Å²) in [6, 6.07) is 16.4. The maximum atomic E-state index is 6.21. The summed E-state index contributed by atoms with van der Waals surface area (Å²) >= 11 is 0. The predicted molar refractivity (Wildman–Crippen MR) is 102 cm³/mol. The normalized spacial score (nSPS) is 18.4. The van der Waals surface area contributed by atoms with E-state index in [-0.39, 0.29) is 18.3 Å². The SMILES string of the molecule is CCc1ccccc1OCc1ccccc1B1OC(C)(C)C(C)(C)O1. The van der Waals surface area contributed by atoms with Crippen LogP contribution in [0.15, 0.2) is 48.5 Å². The monoisotopic (exact) mass is 338 g/mol. The molecule has 0 unspecified atom stereocenters. The minimum absolute atomic E-state index is 0.347. The van der Waals surface area contributed by atoms with E-state index >= 15 is 0 Å². The minimum Gasteiger partial charge on any atom is -0.489 e. The molecule has 1 aliphatic rings. The Balaban J connectivity index is 1.81. The summed E-state index contributed by atoms with van der Waals surface area (Å²) in [5.74, 6) is 0.939. The van der Waals surface area contributed by atoms with E-state index in [9.17, 15) is 0 Å². The molecule has 1 aliphatic heterocycles. The van der Waals surface area contributed by atoms with Crippen LogP contribution in [0, 0.1) is 0 Å². The van der Waals surface area contributed by atoms with Crippen molar-refractivity contribution in [2.75, 3.05) is 0 Å². The van der Waals surface area contributed by atoms with Crippen LogP contribution in [-0.4, -0.2) is 18.3 Å². The number of hydrogen-bond acceptors (Lipinski definition) is 3. The average Bonchev–Trinajstić information content (AvgIpc) is 2.81. The van der Waals surface area contributed by atoms with E-state index in [0.717, 1.165) is 23.2 Å². The maximum Gasteiger partial charge on any atom is 0.495 e. The molecule has 1 fully saturated rings. The van der Waals surface area contributed by atoms with Gasteiger partial charge in [-0.1, -0.05) is 49.4 Å². The summed E-state index contributed by atoms with van der Waals surface area (Å²) < 4.78 is 18.5. The lowest BCUT2D eigenvalue weighted by atomic mass is 9.76. The summed E-state index contributed by atoms with van der Waals surface area (Å²) in [6.07, 6.45) is 0.953. The van der Waals surface area contributed by atoms with Crippen molar-refractivity contribution in [2.24, 2.45) is 0 Å². The lowest BCUT2D eigenvalue weighted by Gasteiger charge is -2.32. The van der Waals surface area contributed by atoms with Crippen LogP contribution in [0.25, 0.3) is 0 Å². The summed E-state index contributed by atoms with van der Waals surface area (Å²) in [7, 11) is -0.369. The summed E-state index contributed by atoms with van der Waals surface area (Å²) in [5.41, 5.74) is 2.65. The quantitative estimate of drug-likeness (QED) is 0.768. The molecule has 1 saturated heterocycles. The van der Waals surface area contributed by atoms with Crippen molar-refractivity contribution in [3.05, 3.63) is 59.7 Å². The Morgan fingerprint density at radius 1 is 0.840 bits per heavy atom. The standard InChI is InChI=1S/C21H27BO3/c1-6-16-11-8-10-14-19(16)23-15-17-12-7-9-13-18(17)22-24-20(2,3)21(4,5)25-22/h7-14H,6,15H2,1-5H3. The molecule has 132 valence electrons. The molecule has 0 saturated carbocycles. The van der Waals surface area contributed by atoms with Crippen LogP contribution in [-0.2, 0) is 22.3 Å². The van der Waals surface area contributed by atoms with Crippen LogP contribution in [0.1, 0.15) is 45.7 Å². The van der Waals surface area contributed by atoms with Crippen molar-refractivity contribution in [1.29, 1.82) is 0 Å². The van der Waals surface area contributed by atoms with Crippen LogP contribution in [0.2, 0.25) is 0 Å². The third kappa shape index (κ3) is 3.60. The molecule has 3 rings (SSSR count). The average molecular weight is 338 g/mol. The van der Waals surface area contributed by atoms with Gasteiger partial charge in [-0.3, -0.25) is 0 Å². The Kier molecular flexibility index (Phi) is 4.94. The fourth-order valence-electron chi connectivity index (χ4n) is 2.96. The van der Waals surface area contributed by atoms with E-state index in [2.05, 4.69) is 52.8 Å². The second-order valence-corrected chi connectivity index (χ2v) is 7.54. The van der Waals surface area contributed by atoms with Gasteiger partial charge in [0.05, 0.1) is 11.2 Å². The summed E-state index contributed by atoms with van der Waals surface area (Å²) in [4.78, 5) is 0. The van der Waals surface area contributed by atoms with Gasteiger partial charge in [-0.15, -0.1) is 0 Å². The minimum atomic E-state index is -0.369. The highest BCUT2D eigenvalue weighted by Crippen LogP contribution is 2.36. The second-order valence-electron chi connectivity index (χ2n) is 7.54. The van der Waals surface area contributed by atoms with Crippen molar-refractivity contribution in [2.45, 2.75) is 58.8 Å². The Bertz CT molecular complexity index is 723. The Morgan fingerprint density at radius 2 is 1.40 bits per heavy atom. The van der Waals surface area contributed by atoms with Crippen molar-refractivity contribution < 1.29 is 14.0 Å². The van der Waals surface area contributed by atoms with Crippen LogP contribution in [0.5, 0.6) is 5.75 Å². The number of rotatable bonds is 5. The first kappa shape index (κ1) is 18.0. The van der Waals surface area contributed by atoms with Crippen molar-refractivity contribution >= 4 is 12.6 Å². The van der Waals surface area contributed by atoms with E-state index in [1.807, 2.05) is 30.3 Å². The third-order valence-corrected chi connectivity index (χ3v) is 5.30. The Hall–Kier alpha value is -1.78. The van der Waals surface area contributed by atoms with Gasteiger partial charge in [0.2, 0.25) is 0 Å². The number of ether oxygens (including phenoxy) is 1. The van der Waals surface area contributed by atoms with Crippen LogP contribution in [0.4, 0.5) is 0 Å². The highest BCUT2D eigenvalue weighted by Gasteiger charge is 2.52. The number of aryl methyl sites for hydroxylation is 1. The summed E-state index contributed by atoms with van der Waals surface area (Å²) in [5, 5.41) is 0. The largest absolute Gasteiger partial charge is 0.495 e. The third-order valence-electron chi connectivity index (χ3n) is 5.30. The molecule has 0 amide bonds. The molecular weight excluding hydrogens is 311 g/mol. The molecule has 0 aliphatic carbocycles. The van der Waals surface area contributed by atoms with Crippen LogP contribution >= 0.6 is 0 Å². The first-order chi connectivity index (χ1) is 11.8. The fraction of sp³-hybridized carbons (Fsp3) is 0.429. The van der Waals surface area contributed by atoms with Crippen molar-refractivity contribution in [3.8, 4) is 5.75 Å². The molecule has 0 radical (unpaired) electrons. The van der Waals surface area contributed by atoms with Crippen molar-refractivity contribution in [1.82, 2.24) is 0 Å². The van der Waals surface area contributed by atoms with E-state index in [1.165, 1.54) is 5.56 Å². The fourth-order valence-corrected chi connectivity index (χ4v) is 2.96. The van der Waals surface area contributed by atoms with E-state index in [0.29, 0.717) is 6.61 Å². The number of para-hydroxylation sites is 1. The van der Waals surface area contributed by atoms with Gasteiger partial charge in [0.25, 0.3) is 0 Å². The van der Waals surface area contributed by atoms with Gasteiger partial charge >= 0.3 is 7.12 Å². The highest BCUT2D eigenvalue weighted by molar-refractivity contribution is 6.62. The van der Waals surface area contributed by atoms with Gasteiger partial charge in [-0.25, -0.2) is 0 Å². The lowest BCUT2D eigenvalue weighted by molar-refractivity contribution is 0.00578. The molecule has 0 aromatic heterocycles. The van der Waals surface area contributed by atoms with Gasteiger partial charge in [0, 0.05) is 0 Å². The second kappa shape index (κ2) is 6.85. The molecule has 2 aromatic rings. The summed E-state index contributed by atoms with van der Waals surface area (Å²) in [6.45, 7) is 10.9. The van der Waals surface area contributed by atoms with Crippen molar-refractivity contribution in [3.63, 3.8) is 0 Å². The molecule has 3 nitrogen and oxygen atoms in total. The zero-order valence-corrected chi connectivity index (χ0v) is 15.8. The molecular formula is C21H27BO3. The zero-order valence-electron chi connectivity index (χ0n) is 15.8. The molecule has 2 aromatic carbocycles. The molecule has 1 heterocycles. The van der Waals surface area contributed by atoms with Crippen LogP contribution in [0.3, 0.4) is 0 Å². The Labute approximate surface area is 151 Å². The zero-order chi connectivity index (χ0) is 18.1. The van der Waals surface area contributed by atoms with Gasteiger partial charge < -0.3 is 14.0 Å². The number of benzene rings is 2. The molecule has 0 N–H and O–H groups in total. The predicted octanol–water partition coefficient (Wildman–Crippen LogP) is 4.13. The first-order valence-electron chi connectivity index (χ1n) is 8.98. The van der Waals surface area contributed by atoms with E-state index in [4.69, 9.17) is 14.0 Å². The van der Waals surface area contributed by atoms with E-state index < -0.39 is 0 Å². The first-order valence-corrected chi connectivity index (χ1v) is 8.98. The molecule has 0 atom stereocenters. The Morgan fingerprint density at radius 3 is 2.04 bits per heavy atom. The van der Waals surface area contributed by atoms with Gasteiger partial charge in [0.15, 0.2) is 0 Å². The number of hydrogen-bond donors (Lipinski definition) is 0. The topological polar surface area (TPSA) is 27.7 Å². The highest BCUT2D eigenvalue weighted by atomic mass is 16.7. The van der Waals surface area contributed by atoms with Gasteiger partial charge in [0.1, 0.15) is 12.4 Å². The van der Waals surface area contributed by atoms with Gasteiger partial charge in [-0.05, 0) is 56.8 Å². The molecule has 0 bridgehead atoms. The van der Waals surface area contributed by atoms with Crippen LogP contribution < -0.4 is 10.2 Å². The van der Waals surface area contributed by atoms with E-state index in [1.54, 1.807) is 0 Å². The molecule has 25 heavy (non-hydrogen) atoms. The lowest BCUT2D eigenvalue weighted by Crippen LogP contribution is -2.41. The molecule has 0 spiro atoms.